The first-order chi connectivity index (χ1) is 13.4. The lowest BCUT2D eigenvalue weighted by molar-refractivity contribution is -0.123. The molecule has 2 aromatic rings. The van der Waals surface area contributed by atoms with E-state index in [9.17, 15) is 9.59 Å². The summed E-state index contributed by atoms with van der Waals surface area (Å²) in [5.74, 6) is 0.864. The van der Waals surface area contributed by atoms with E-state index in [1.54, 1.807) is 25.3 Å². The second-order valence-corrected chi connectivity index (χ2v) is 7.90. The summed E-state index contributed by atoms with van der Waals surface area (Å²) in [4.78, 5) is 26.1. The molecule has 0 N–H and O–H groups in total. The quantitative estimate of drug-likeness (QED) is 0.591. The molecule has 1 heterocycles. The van der Waals surface area contributed by atoms with Crippen molar-refractivity contribution in [3.8, 4) is 11.5 Å². The lowest BCUT2D eigenvalue weighted by Gasteiger charge is -2.16. The molecule has 2 aromatic carbocycles. The third-order valence-corrected chi connectivity index (χ3v) is 5.27. The number of imide groups is 1. The summed E-state index contributed by atoms with van der Waals surface area (Å²) >= 11 is 6.84. The number of halogens is 1. The molecule has 0 bridgehead atoms. The van der Waals surface area contributed by atoms with Crippen LogP contribution in [0.25, 0.3) is 6.08 Å². The zero-order chi connectivity index (χ0) is 20.3. The molecule has 0 unspecified atom stereocenters. The molecule has 1 aliphatic rings. The minimum absolute atomic E-state index is 0.170. The summed E-state index contributed by atoms with van der Waals surface area (Å²) < 4.78 is 11.3. The van der Waals surface area contributed by atoms with Gasteiger partial charge in [-0.1, -0.05) is 29.8 Å². The van der Waals surface area contributed by atoms with Gasteiger partial charge in [0.2, 0.25) is 0 Å². The first-order valence-electron chi connectivity index (χ1n) is 8.71. The van der Waals surface area contributed by atoms with Crippen LogP contribution in [0.5, 0.6) is 11.5 Å². The fourth-order valence-corrected chi connectivity index (χ4v) is 3.80. The van der Waals surface area contributed by atoms with E-state index in [1.165, 1.54) is 4.90 Å². The van der Waals surface area contributed by atoms with E-state index >= 15 is 0 Å². The lowest BCUT2D eigenvalue weighted by Crippen LogP contribution is -2.34. The predicted octanol–water partition coefficient (Wildman–Crippen LogP) is 5.37. The summed E-state index contributed by atoms with van der Waals surface area (Å²) in [7, 11) is 1.56. The van der Waals surface area contributed by atoms with Gasteiger partial charge in [0.15, 0.2) is 11.5 Å². The number of rotatable bonds is 6. The van der Waals surface area contributed by atoms with Crippen molar-refractivity contribution in [1.29, 1.82) is 0 Å². The Morgan fingerprint density at radius 3 is 2.43 bits per heavy atom. The summed E-state index contributed by atoms with van der Waals surface area (Å²) in [5.41, 5.74) is 1.74. The van der Waals surface area contributed by atoms with Crippen LogP contribution in [-0.4, -0.2) is 29.2 Å². The maximum Gasteiger partial charge on any atom is 0.293 e. The molecule has 1 fully saturated rings. The molecule has 0 saturated carbocycles. The molecule has 5 nitrogen and oxygen atoms in total. The highest BCUT2D eigenvalue weighted by molar-refractivity contribution is 8.18. The van der Waals surface area contributed by atoms with Gasteiger partial charge in [0, 0.05) is 11.1 Å². The highest BCUT2D eigenvalue weighted by Gasteiger charge is 2.36. The fraction of sp³-hybridized carbons (Fsp3) is 0.238. The van der Waals surface area contributed by atoms with Crippen LogP contribution in [0.1, 0.15) is 25.0 Å². The van der Waals surface area contributed by atoms with E-state index in [4.69, 9.17) is 21.1 Å². The van der Waals surface area contributed by atoms with E-state index in [2.05, 4.69) is 0 Å². The molecule has 7 heteroatoms. The Labute approximate surface area is 173 Å². The van der Waals surface area contributed by atoms with E-state index in [0.717, 1.165) is 22.9 Å². The number of hydrogen-bond acceptors (Lipinski definition) is 5. The number of amides is 2. The van der Waals surface area contributed by atoms with Gasteiger partial charge >= 0.3 is 0 Å². The number of nitrogens with zero attached hydrogens (tertiary/aromatic N) is 1. The molecule has 28 heavy (non-hydrogen) atoms. The van der Waals surface area contributed by atoms with Gasteiger partial charge in [0.1, 0.15) is 6.61 Å². The van der Waals surface area contributed by atoms with Crippen molar-refractivity contribution in [2.24, 2.45) is 0 Å². The molecular weight excluding hydrogens is 398 g/mol. The van der Waals surface area contributed by atoms with Crippen molar-refractivity contribution in [3.63, 3.8) is 0 Å². The molecule has 0 radical (unpaired) electrons. The minimum atomic E-state index is -0.271. The maximum atomic E-state index is 12.4. The van der Waals surface area contributed by atoms with Crippen LogP contribution < -0.4 is 9.47 Å². The van der Waals surface area contributed by atoms with Gasteiger partial charge in [-0.25, -0.2) is 0 Å². The van der Waals surface area contributed by atoms with Crippen molar-refractivity contribution in [2.75, 3.05) is 7.11 Å². The Morgan fingerprint density at radius 1 is 1.11 bits per heavy atom. The molecule has 2 amide bonds. The number of benzene rings is 2. The van der Waals surface area contributed by atoms with Crippen molar-refractivity contribution in [2.45, 2.75) is 26.5 Å². The molecule has 0 atom stereocenters. The highest BCUT2D eigenvalue weighted by Crippen LogP contribution is 2.35. The highest BCUT2D eigenvalue weighted by atomic mass is 35.5. The van der Waals surface area contributed by atoms with Crippen LogP contribution >= 0.6 is 23.4 Å². The van der Waals surface area contributed by atoms with Gasteiger partial charge in [-0.3, -0.25) is 14.5 Å². The first kappa shape index (κ1) is 20.3. The zero-order valence-electron chi connectivity index (χ0n) is 15.8. The topological polar surface area (TPSA) is 55.8 Å². The van der Waals surface area contributed by atoms with Crippen LogP contribution in [0.4, 0.5) is 4.79 Å². The summed E-state index contributed by atoms with van der Waals surface area (Å²) in [6, 6.07) is 12.6. The van der Waals surface area contributed by atoms with Gasteiger partial charge in [-0.15, -0.1) is 0 Å². The molecule has 0 aliphatic carbocycles. The van der Waals surface area contributed by atoms with Crippen LogP contribution in [0, 0.1) is 0 Å². The molecule has 3 rings (SSSR count). The Morgan fingerprint density at radius 2 is 1.82 bits per heavy atom. The molecule has 0 aromatic heterocycles. The van der Waals surface area contributed by atoms with Crippen LogP contribution in [0.3, 0.4) is 0 Å². The third-order valence-electron chi connectivity index (χ3n) is 4.13. The van der Waals surface area contributed by atoms with E-state index in [0.29, 0.717) is 28.0 Å². The number of ether oxygens (including phenoxy) is 2. The van der Waals surface area contributed by atoms with Crippen LogP contribution in [-0.2, 0) is 11.4 Å². The molecular formula is C21H20ClNO4S. The summed E-state index contributed by atoms with van der Waals surface area (Å²) in [6.07, 6.45) is 1.69. The molecule has 146 valence electrons. The van der Waals surface area contributed by atoms with Crippen LogP contribution in [0.15, 0.2) is 47.4 Å². The van der Waals surface area contributed by atoms with E-state index in [1.807, 2.05) is 44.2 Å². The summed E-state index contributed by atoms with van der Waals surface area (Å²) in [6.45, 7) is 4.00. The van der Waals surface area contributed by atoms with Crippen LogP contribution in [0.2, 0.25) is 5.02 Å². The van der Waals surface area contributed by atoms with Gasteiger partial charge in [0.25, 0.3) is 11.1 Å². The largest absolute Gasteiger partial charge is 0.493 e. The van der Waals surface area contributed by atoms with Crippen molar-refractivity contribution < 1.29 is 19.1 Å². The summed E-state index contributed by atoms with van der Waals surface area (Å²) in [5, 5.41) is 0.425. The standard InChI is InChI=1S/C21H20ClNO4S/c1-13(2)23-20(24)19(28-21(23)25)11-15-6-9-17(18(10-15)26-3)27-12-14-4-7-16(22)8-5-14/h4-11,13H,12H2,1-3H3/b19-11-. The minimum Gasteiger partial charge on any atom is -0.493 e. The molecule has 1 aliphatic heterocycles. The van der Waals surface area contributed by atoms with E-state index < -0.39 is 0 Å². The van der Waals surface area contributed by atoms with E-state index in [-0.39, 0.29) is 17.2 Å². The average Bonchev–Trinajstić information content (AvgIpc) is 2.95. The number of hydrogen-bond donors (Lipinski definition) is 0. The lowest BCUT2D eigenvalue weighted by atomic mass is 10.1. The Bertz CT molecular complexity index is 925. The van der Waals surface area contributed by atoms with Gasteiger partial charge in [-0.05, 0) is 67.1 Å². The number of carbonyl (C=O) groups is 2. The number of carbonyl (C=O) groups excluding carboxylic acids is 2. The monoisotopic (exact) mass is 417 g/mol. The van der Waals surface area contributed by atoms with Crippen molar-refractivity contribution >= 4 is 40.6 Å². The Kier molecular flexibility index (Phi) is 6.31. The Balaban J connectivity index is 1.77. The fourth-order valence-electron chi connectivity index (χ4n) is 2.71. The smallest absolute Gasteiger partial charge is 0.293 e. The third kappa shape index (κ3) is 4.51. The Hall–Kier alpha value is -2.44. The van der Waals surface area contributed by atoms with Gasteiger partial charge in [-0.2, -0.15) is 0 Å². The first-order valence-corrected chi connectivity index (χ1v) is 9.91. The van der Waals surface area contributed by atoms with Gasteiger partial charge < -0.3 is 9.47 Å². The average molecular weight is 418 g/mol. The number of thioether (sulfide) groups is 1. The zero-order valence-corrected chi connectivity index (χ0v) is 17.3. The van der Waals surface area contributed by atoms with Gasteiger partial charge in [0.05, 0.1) is 12.0 Å². The van der Waals surface area contributed by atoms with Crippen molar-refractivity contribution in [3.05, 3.63) is 63.5 Å². The second kappa shape index (κ2) is 8.71. The maximum absolute atomic E-state index is 12.4. The molecule has 0 spiro atoms. The SMILES string of the molecule is COc1cc(/C=C2\SC(=O)N(C(C)C)C2=O)ccc1OCc1ccc(Cl)cc1. The second-order valence-electron chi connectivity index (χ2n) is 6.47. The predicted molar refractivity (Wildman–Crippen MR) is 112 cm³/mol. The van der Waals surface area contributed by atoms with Crippen molar-refractivity contribution in [1.82, 2.24) is 4.90 Å². The number of methoxy groups -OCH3 is 1. The normalized spacial score (nSPS) is 15.6. The molecule has 1 saturated heterocycles.